The fourth-order valence-electron chi connectivity index (χ4n) is 6.48. The van der Waals surface area contributed by atoms with Gasteiger partial charge in [-0.1, -0.05) is 19.1 Å². The summed E-state index contributed by atoms with van der Waals surface area (Å²) < 4.78 is 46.6. The lowest BCUT2D eigenvalue weighted by Gasteiger charge is -2.44. The van der Waals surface area contributed by atoms with E-state index in [0.717, 1.165) is 30.0 Å². The van der Waals surface area contributed by atoms with Crippen LogP contribution in [0.3, 0.4) is 0 Å². The maximum Gasteiger partial charge on any atom is 0.408 e. The molecule has 234 valence electrons. The number of likely N-dealkylation sites (tertiary alicyclic amines) is 2. The van der Waals surface area contributed by atoms with Crippen LogP contribution >= 0.6 is 0 Å². The summed E-state index contributed by atoms with van der Waals surface area (Å²) in [4.78, 5) is 38.7. The number of benzene rings is 1. The summed E-state index contributed by atoms with van der Waals surface area (Å²) in [6.07, 6.45) is -2.68. The number of amides is 3. The van der Waals surface area contributed by atoms with E-state index >= 15 is 0 Å². The van der Waals surface area contributed by atoms with Crippen LogP contribution in [0.15, 0.2) is 36.4 Å². The summed E-state index contributed by atoms with van der Waals surface area (Å²) >= 11 is 0. The van der Waals surface area contributed by atoms with Crippen molar-refractivity contribution in [3.63, 3.8) is 0 Å². The Morgan fingerprint density at radius 1 is 1.02 bits per heavy atom. The number of nitrogens with one attached hydrogen (secondary N) is 1. The number of hydrogen-bond acceptors (Lipinski definition) is 6. The molecule has 0 radical (unpaired) electrons. The van der Waals surface area contributed by atoms with E-state index in [0.29, 0.717) is 43.1 Å². The van der Waals surface area contributed by atoms with Gasteiger partial charge in [-0.3, -0.25) is 4.79 Å². The molecule has 3 aliphatic rings. The molecule has 12 heteroatoms. The highest BCUT2D eigenvalue weighted by Gasteiger charge is 2.49. The fourth-order valence-corrected chi connectivity index (χ4v) is 6.48. The lowest BCUT2D eigenvalue weighted by molar-refractivity contribution is -0.170. The van der Waals surface area contributed by atoms with Crippen molar-refractivity contribution in [2.75, 3.05) is 57.8 Å². The van der Waals surface area contributed by atoms with Gasteiger partial charge in [-0.15, -0.1) is 0 Å². The summed E-state index contributed by atoms with van der Waals surface area (Å²) in [5.74, 6) is 0.399. The third-order valence-electron chi connectivity index (χ3n) is 8.69. The molecule has 3 fully saturated rings. The molecular weight excluding hydrogens is 561 g/mol. The number of ether oxygens (including phenoxy) is 1. The van der Waals surface area contributed by atoms with Gasteiger partial charge < -0.3 is 29.7 Å². The van der Waals surface area contributed by atoms with Crippen molar-refractivity contribution in [1.82, 2.24) is 25.0 Å². The summed E-state index contributed by atoms with van der Waals surface area (Å²) in [6, 6.07) is 8.83. The first kappa shape index (κ1) is 30.9. The number of carbonyl (C=O) groups is 2. The van der Waals surface area contributed by atoms with Gasteiger partial charge in [-0.25, -0.2) is 9.78 Å². The molecular formula is C31H41F3N6O3. The smallest absolute Gasteiger partial charge is 0.408 e. The number of piperazine rings is 1. The molecule has 9 nitrogen and oxygen atoms in total. The molecule has 5 rings (SSSR count). The van der Waals surface area contributed by atoms with Crippen LogP contribution in [-0.4, -0.2) is 109 Å². The molecule has 1 aromatic carbocycles. The Bertz CT molecular complexity index is 1310. The number of halogens is 3. The Morgan fingerprint density at radius 2 is 1.81 bits per heavy atom. The van der Waals surface area contributed by atoms with Crippen LogP contribution in [0.1, 0.15) is 50.0 Å². The van der Waals surface area contributed by atoms with Crippen LogP contribution in [0.4, 0.5) is 23.7 Å². The molecule has 1 aromatic heterocycles. The molecule has 2 aromatic rings. The molecule has 0 saturated carbocycles. The zero-order chi connectivity index (χ0) is 30.7. The maximum absolute atomic E-state index is 13.8. The number of rotatable bonds is 7. The summed E-state index contributed by atoms with van der Waals surface area (Å²) in [7, 11) is 2.02. The number of carbonyl (C=O) groups excluding carboxylic acids is 2. The SMILES string of the molecule is CCOc1ccccc1-c1ccc(N2CCN(C(=O)N3CCC[C@H]3C(F)(F)F)C[C@H]2CC)c(C(=O)N[C@H]2CCN(C)C2)n1. The summed E-state index contributed by atoms with van der Waals surface area (Å²) in [6.45, 7) is 7.02. The topological polar surface area (TPSA) is 81.2 Å². The van der Waals surface area contributed by atoms with Crippen LogP contribution in [-0.2, 0) is 0 Å². The Hall–Kier alpha value is -3.54. The molecule has 3 atom stereocenters. The van der Waals surface area contributed by atoms with E-state index in [4.69, 9.17) is 9.72 Å². The molecule has 4 heterocycles. The normalized spacial score (nSPS) is 23.1. The van der Waals surface area contributed by atoms with Gasteiger partial charge in [0.05, 0.1) is 18.0 Å². The van der Waals surface area contributed by atoms with Crippen molar-refractivity contribution in [3.05, 3.63) is 42.1 Å². The molecule has 0 bridgehead atoms. The molecule has 3 aliphatic heterocycles. The van der Waals surface area contributed by atoms with E-state index in [2.05, 4.69) is 15.1 Å². The van der Waals surface area contributed by atoms with Crippen LogP contribution < -0.4 is 15.0 Å². The predicted molar refractivity (Wildman–Crippen MR) is 158 cm³/mol. The van der Waals surface area contributed by atoms with E-state index in [1.165, 1.54) is 4.90 Å². The van der Waals surface area contributed by atoms with Gasteiger partial charge >= 0.3 is 12.2 Å². The van der Waals surface area contributed by atoms with Crippen LogP contribution in [0, 0.1) is 0 Å². The molecule has 1 N–H and O–H groups in total. The van der Waals surface area contributed by atoms with Crippen LogP contribution in [0.25, 0.3) is 11.3 Å². The van der Waals surface area contributed by atoms with Crippen molar-refractivity contribution >= 4 is 17.6 Å². The van der Waals surface area contributed by atoms with E-state index < -0.39 is 18.2 Å². The summed E-state index contributed by atoms with van der Waals surface area (Å²) in [5, 5.41) is 3.16. The monoisotopic (exact) mass is 602 g/mol. The minimum atomic E-state index is -4.44. The van der Waals surface area contributed by atoms with E-state index in [1.54, 1.807) is 0 Å². The van der Waals surface area contributed by atoms with Crippen molar-refractivity contribution in [1.29, 1.82) is 0 Å². The van der Waals surface area contributed by atoms with Gasteiger partial charge in [0.2, 0.25) is 0 Å². The van der Waals surface area contributed by atoms with Gasteiger partial charge in [-0.2, -0.15) is 13.2 Å². The lowest BCUT2D eigenvalue weighted by Crippen LogP contribution is -2.59. The minimum Gasteiger partial charge on any atom is -0.493 e. The van der Waals surface area contributed by atoms with Crippen molar-refractivity contribution in [2.24, 2.45) is 0 Å². The second-order valence-corrected chi connectivity index (χ2v) is 11.6. The Morgan fingerprint density at radius 3 is 2.51 bits per heavy atom. The average molecular weight is 603 g/mol. The van der Waals surface area contributed by atoms with E-state index in [1.807, 2.05) is 57.3 Å². The third-order valence-corrected chi connectivity index (χ3v) is 8.69. The molecule has 0 unspecified atom stereocenters. The Kier molecular flexibility index (Phi) is 9.33. The average Bonchev–Trinajstić information content (AvgIpc) is 3.66. The molecule has 0 spiro atoms. The highest BCUT2D eigenvalue weighted by molar-refractivity contribution is 5.99. The molecule has 43 heavy (non-hydrogen) atoms. The number of hydrogen-bond donors (Lipinski definition) is 1. The number of urea groups is 1. The Labute approximate surface area is 251 Å². The van der Waals surface area contributed by atoms with Crippen molar-refractivity contribution in [2.45, 2.75) is 63.8 Å². The molecule has 3 amide bonds. The van der Waals surface area contributed by atoms with Gasteiger partial charge in [0.25, 0.3) is 5.91 Å². The number of likely N-dealkylation sites (N-methyl/N-ethyl adjacent to an activating group) is 1. The second kappa shape index (κ2) is 13.0. The highest BCUT2D eigenvalue weighted by atomic mass is 19.4. The number of anilines is 1. The van der Waals surface area contributed by atoms with Crippen LogP contribution in [0.2, 0.25) is 0 Å². The standard InChI is InChI=1S/C31H41F3N6O3/c1-4-22-20-38(30(42)40-15-8-11-27(40)31(32,33)34)17-18-39(22)25-13-12-24(23-9-6-7-10-26(23)43-5-2)36-28(25)29(41)35-21-14-16-37(3)19-21/h6-7,9-10,12-13,21-22,27H,4-5,8,11,14-20H2,1-3H3,(H,35,41)/t21-,22+,27-/m0/s1. The first-order valence-electron chi connectivity index (χ1n) is 15.2. The minimum absolute atomic E-state index is 0.00463. The van der Waals surface area contributed by atoms with Gasteiger partial charge in [0.1, 0.15) is 11.8 Å². The fraction of sp³-hybridized carbons (Fsp3) is 0.581. The first-order chi connectivity index (χ1) is 20.6. The third kappa shape index (κ3) is 6.68. The maximum atomic E-state index is 13.8. The Balaban J connectivity index is 1.43. The van der Waals surface area contributed by atoms with Gasteiger partial charge in [0.15, 0.2) is 5.69 Å². The van der Waals surface area contributed by atoms with Gasteiger partial charge in [-0.05, 0) is 70.5 Å². The number of nitrogens with zero attached hydrogens (tertiary/aromatic N) is 5. The van der Waals surface area contributed by atoms with E-state index in [-0.39, 0.29) is 49.7 Å². The predicted octanol–water partition coefficient (Wildman–Crippen LogP) is 4.63. The number of para-hydroxylation sites is 1. The molecule has 3 saturated heterocycles. The van der Waals surface area contributed by atoms with E-state index in [9.17, 15) is 22.8 Å². The quantitative estimate of drug-likeness (QED) is 0.498. The number of aromatic nitrogens is 1. The first-order valence-corrected chi connectivity index (χ1v) is 15.2. The molecule has 0 aliphatic carbocycles. The second-order valence-electron chi connectivity index (χ2n) is 11.6. The highest BCUT2D eigenvalue weighted by Crippen LogP contribution is 2.35. The summed E-state index contributed by atoms with van der Waals surface area (Å²) in [5.41, 5.74) is 2.32. The van der Waals surface area contributed by atoms with Crippen molar-refractivity contribution < 1.29 is 27.5 Å². The lowest BCUT2D eigenvalue weighted by atomic mass is 10.0. The van der Waals surface area contributed by atoms with Crippen LogP contribution in [0.5, 0.6) is 5.75 Å². The zero-order valence-corrected chi connectivity index (χ0v) is 25.1. The largest absolute Gasteiger partial charge is 0.493 e. The number of pyridine rings is 1. The zero-order valence-electron chi connectivity index (χ0n) is 25.1. The van der Waals surface area contributed by atoms with Gasteiger partial charge in [0, 0.05) is 50.4 Å². The van der Waals surface area contributed by atoms with Crippen molar-refractivity contribution in [3.8, 4) is 17.0 Å². The number of alkyl halides is 3.